The Morgan fingerprint density at radius 2 is 1.66 bits per heavy atom. The predicted molar refractivity (Wildman–Crippen MR) is 107 cm³/mol. The lowest BCUT2D eigenvalue weighted by molar-refractivity contribution is -0.146. The zero-order valence-electron chi connectivity index (χ0n) is 16.6. The number of benzene rings is 2. The molecular weight excluding hydrogens is 376 g/mol. The van der Waals surface area contributed by atoms with E-state index in [-0.39, 0.29) is 12.1 Å². The summed E-state index contributed by atoms with van der Waals surface area (Å²) in [5.74, 6) is -0.803. The van der Waals surface area contributed by atoms with Crippen LogP contribution in [0.2, 0.25) is 0 Å². The SMILES string of the molecule is CCc1cccc(NC(=O)COC(=O)CNC(=O)c2cc(OC)cc(OC)c2)c1. The van der Waals surface area contributed by atoms with E-state index >= 15 is 0 Å². The van der Waals surface area contributed by atoms with Crippen LogP contribution in [-0.2, 0) is 20.7 Å². The Morgan fingerprint density at radius 1 is 0.966 bits per heavy atom. The first-order valence-electron chi connectivity index (χ1n) is 9.00. The van der Waals surface area contributed by atoms with Gasteiger partial charge < -0.3 is 24.8 Å². The molecule has 0 unspecified atom stereocenters. The zero-order valence-corrected chi connectivity index (χ0v) is 16.6. The molecule has 0 heterocycles. The Labute approximate surface area is 169 Å². The summed E-state index contributed by atoms with van der Waals surface area (Å²) in [5, 5.41) is 5.09. The summed E-state index contributed by atoms with van der Waals surface area (Å²) < 4.78 is 15.1. The number of methoxy groups -OCH3 is 2. The standard InChI is InChI=1S/C21H24N2O6/c1-4-14-6-5-7-16(8-14)23-19(24)13-29-20(25)12-22-21(26)15-9-17(27-2)11-18(10-15)28-3/h5-11H,4,12-13H2,1-3H3,(H,22,26)(H,23,24). The summed E-state index contributed by atoms with van der Waals surface area (Å²) in [6.45, 7) is 1.19. The van der Waals surface area contributed by atoms with Gasteiger partial charge in [0, 0.05) is 17.3 Å². The minimum absolute atomic E-state index is 0.266. The zero-order chi connectivity index (χ0) is 21.2. The fourth-order valence-corrected chi connectivity index (χ4v) is 2.46. The summed E-state index contributed by atoms with van der Waals surface area (Å²) in [5.41, 5.74) is 1.98. The van der Waals surface area contributed by atoms with Crippen LogP contribution in [0.3, 0.4) is 0 Å². The lowest BCUT2D eigenvalue weighted by Gasteiger charge is -2.10. The van der Waals surface area contributed by atoms with Gasteiger partial charge >= 0.3 is 5.97 Å². The second kappa shape index (κ2) is 10.7. The third-order valence-electron chi connectivity index (χ3n) is 3.99. The number of carbonyl (C=O) groups is 3. The minimum Gasteiger partial charge on any atom is -0.497 e. The third kappa shape index (κ3) is 6.84. The number of hydrogen-bond acceptors (Lipinski definition) is 6. The van der Waals surface area contributed by atoms with Crippen LogP contribution in [0.1, 0.15) is 22.8 Å². The molecule has 2 N–H and O–H groups in total. The van der Waals surface area contributed by atoms with Crippen molar-refractivity contribution in [3.8, 4) is 11.5 Å². The maximum Gasteiger partial charge on any atom is 0.325 e. The van der Waals surface area contributed by atoms with Gasteiger partial charge in [0.1, 0.15) is 18.0 Å². The monoisotopic (exact) mass is 400 g/mol. The van der Waals surface area contributed by atoms with Crippen LogP contribution in [0, 0.1) is 0 Å². The van der Waals surface area contributed by atoms with Crippen LogP contribution >= 0.6 is 0 Å². The highest BCUT2D eigenvalue weighted by Crippen LogP contribution is 2.22. The van der Waals surface area contributed by atoms with Gasteiger partial charge in [0.2, 0.25) is 0 Å². The van der Waals surface area contributed by atoms with Gasteiger partial charge in [-0.05, 0) is 36.2 Å². The number of anilines is 1. The Balaban J connectivity index is 1.80. The van der Waals surface area contributed by atoms with E-state index in [2.05, 4.69) is 10.6 Å². The van der Waals surface area contributed by atoms with Crippen molar-refractivity contribution in [2.75, 3.05) is 32.7 Å². The first kappa shape index (κ1) is 21.7. The van der Waals surface area contributed by atoms with Crippen molar-refractivity contribution in [2.24, 2.45) is 0 Å². The summed E-state index contributed by atoms with van der Waals surface area (Å²) in [4.78, 5) is 35.9. The molecule has 0 saturated carbocycles. The molecule has 0 spiro atoms. The second-order valence-electron chi connectivity index (χ2n) is 6.05. The largest absolute Gasteiger partial charge is 0.497 e. The predicted octanol–water partition coefficient (Wildman–Crippen LogP) is 2.18. The van der Waals surface area contributed by atoms with Crippen molar-refractivity contribution >= 4 is 23.5 Å². The number of nitrogens with one attached hydrogen (secondary N) is 2. The van der Waals surface area contributed by atoms with E-state index in [4.69, 9.17) is 14.2 Å². The Hall–Kier alpha value is -3.55. The fourth-order valence-electron chi connectivity index (χ4n) is 2.46. The van der Waals surface area contributed by atoms with E-state index in [1.165, 1.54) is 26.4 Å². The highest BCUT2D eigenvalue weighted by molar-refractivity contribution is 5.97. The number of esters is 1. The van der Waals surface area contributed by atoms with E-state index in [0.29, 0.717) is 17.2 Å². The summed E-state index contributed by atoms with van der Waals surface area (Å²) in [6, 6.07) is 12.0. The molecule has 8 nitrogen and oxygen atoms in total. The molecule has 2 amide bonds. The molecule has 0 aliphatic heterocycles. The number of carbonyl (C=O) groups excluding carboxylic acids is 3. The summed E-state index contributed by atoms with van der Waals surface area (Å²) >= 11 is 0. The second-order valence-corrected chi connectivity index (χ2v) is 6.05. The average molecular weight is 400 g/mol. The number of hydrogen-bond donors (Lipinski definition) is 2. The van der Waals surface area contributed by atoms with E-state index in [0.717, 1.165) is 12.0 Å². The van der Waals surface area contributed by atoms with Gasteiger partial charge in [0.25, 0.3) is 11.8 Å². The molecule has 154 valence electrons. The molecule has 0 fully saturated rings. The third-order valence-corrected chi connectivity index (χ3v) is 3.99. The van der Waals surface area contributed by atoms with Crippen LogP contribution in [0.15, 0.2) is 42.5 Å². The Morgan fingerprint density at radius 3 is 2.28 bits per heavy atom. The molecule has 2 rings (SSSR count). The van der Waals surface area contributed by atoms with E-state index in [9.17, 15) is 14.4 Å². The van der Waals surface area contributed by atoms with Gasteiger partial charge in [-0.2, -0.15) is 0 Å². The normalized spacial score (nSPS) is 10.0. The van der Waals surface area contributed by atoms with Crippen LogP contribution in [0.25, 0.3) is 0 Å². The van der Waals surface area contributed by atoms with E-state index in [1.807, 2.05) is 25.1 Å². The smallest absolute Gasteiger partial charge is 0.325 e. The molecule has 0 aromatic heterocycles. The molecule has 0 atom stereocenters. The molecule has 0 aliphatic rings. The minimum atomic E-state index is -0.731. The number of rotatable bonds is 9. The molecule has 29 heavy (non-hydrogen) atoms. The van der Waals surface area contributed by atoms with Crippen molar-refractivity contribution < 1.29 is 28.6 Å². The van der Waals surface area contributed by atoms with E-state index < -0.39 is 24.4 Å². The van der Waals surface area contributed by atoms with Crippen molar-refractivity contribution in [3.63, 3.8) is 0 Å². The number of ether oxygens (including phenoxy) is 3. The van der Waals surface area contributed by atoms with Crippen molar-refractivity contribution in [1.29, 1.82) is 0 Å². The molecule has 2 aromatic rings. The van der Waals surface area contributed by atoms with Gasteiger partial charge in [-0.25, -0.2) is 0 Å². The summed E-state index contributed by atoms with van der Waals surface area (Å²) in [7, 11) is 2.94. The first-order chi connectivity index (χ1) is 13.9. The molecular formula is C21H24N2O6. The van der Waals surface area contributed by atoms with Crippen LogP contribution in [-0.4, -0.2) is 45.2 Å². The van der Waals surface area contributed by atoms with Crippen molar-refractivity contribution in [1.82, 2.24) is 5.32 Å². The Bertz CT molecular complexity index is 859. The first-order valence-corrected chi connectivity index (χ1v) is 9.00. The van der Waals surface area contributed by atoms with Crippen molar-refractivity contribution in [3.05, 3.63) is 53.6 Å². The average Bonchev–Trinajstić information content (AvgIpc) is 2.75. The molecule has 0 radical (unpaired) electrons. The van der Waals surface area contributed by atoms with Crippen LogP contribution in [0.4, 0.5) is 5.69 Å². The molecule has 0 saturated heterocycles. The quantitative estimate of drug-likeness (QED) is 0.626. The number of aryl methyl sites for hydroxylation is 1. The van der Waals surface area contributed by atoms with E-state index in [1.54, 1.807) is 12.1 Å². The van der Waals surface area contributed by atoms with Gasteiger partial charge in [-0.3, -0.25) is 14.4 Å². The maximum atomic E-state index is 12.2. The fraction of sp³-hybridized carbons (Fsp3) is 0.286. The van der Waals surface area contributed by atoms with Crippen LogP contribution in [0.5, 0.6) is 11.5 Å². The van der Waals surface area contributed by atoms with Gasteiger partial charge in [-0.1, -0.05) is 19.1 Å². The lowest BCUT2D eigenvalue weighted by Crippen LogP contribution is -2.32. The molecule has 0 bridgehead atoms. The van der Waals surface area contributed by atoms with Gasteiger partial charge in [-0.15, -0.1) is 0 Å². The van der Waals surface area contributed by atoms with Gasteiger partial charge in [0.05, 0.1) is 14.2 Å². The highest BCUT2D eigenvalue weighted by atomic mass is 16.5. The maximum absolute atomic E-state index is 12.2. The van der Waals surface area contributed by atoms with Gasteiger partial charge in [0.15, 0.2) is 6.61 Å². The summed E-state index contributed by atoms with van der Waals surface area (Å²) in [6.07, 6.45) is 0.845. The number of amides is 2. The molecule has 2 aromatic carbocycles. The van der Waals surface area contributed by atoms with Crippen LogP contribution < -0.4 is 20.1 Å². The highest BCUT2D eigenvalue weighted by Gasteiger charge is 2.13. The van der Waals surface area contributed by atoms with Crippen molar-refractivity contribution in [2.45, 2.75) is 13.3 Å². The topological polar surface area (TPSA) is 103 Å². The Kier molecular flexibility index (Phi) is 8.02. The molecule has 8 heteroatoms. The molecule has 0 aliphatic carbocycles. The lowest BCUT2D eigenvalue weighted by atomic mass is 10.1.